The Kier molecular flexibility index (Phi) is 4.09. The summed E-state index contributed by atoms with van der Waals surface area (Å²) in [6.45, 7) is 4.59. The highest BCUT2D eigenvalue weighted by Crippen LogP contribution is 2.35. The molecule has 0 radical (unpaired) electrons. The van der Waals surface area contributed by atoms with E-state index in [2.05, 4.69) is 27.9 Å². The lowest BCUT2D eigenvalue weighted by Crippen LogP contribution is -2.35. The zero-order chi connectivity index (χ0) is 19.1. The lowest BCUT2D eigenvalue weighted by Gasteiger charge is -2.28. The Morgan fingerprint density at radius 3 is 2.93 bits per heavy atom. The summed E-state index contributed by atoms with van der Waals surface area (Å²) in [4.78, 5) is 26.6. The third-order valence-corrected chi connectivity index (χ3v) is 5.31. The summed E-state index contributed by atoms with van der Waals surface area (Å²) in [5, 5.41) is 0. The molecule has 0 saturated carbocycles. The van der Waals surface area contributed by atoms with Crippen molar-refractivity contribution in [3.8, 4) is 22.9 Å². The molecule has 0 spiro atoms. The number of aromatic nitrogens is 3. The summed E-state index contributed by atoms with van der Waals surface area (Å²) in [5.41, 5.74) is 4.75. The summed E-state index contributed by atoms with van der Waals surface area (Å²) < 4.78 is 11.0. The van der Waals surface area contributed by atoms with Crippen molar-refractivity contribution in [2.45, 2.75) is 26.4 Å². The van der Waals surface area contributed by atoms with Gasteiger partial charge in [0.05, 0.1) is 5.69 Å². The normalized spacial score (nSPS) is 15.5. The largest absolute Gasteiger partial charge is 0.454 e. The summed E-state index contributed by atoms with van der Waals surface area (Å²) in [7, 11) is 0. The first kappa shape index (κ1) is 16.9. The monoisotopic (exact) mass is 376 g/mol. The Bertz CT molecular complexity index is 1090. The fourth-order valence-electron chi connectivity index (χ4n) is 3.77. The molecule has 2 aliphatic heterocycles. The van der Waals surface area contributed by atoms with Gasteiger partial charge >= 0.3 is 0 Å². The predicted molar refractivity (Wildman–Crippen MR) is 103 cm³/mol. The van der Waals surface area contributed by atoms with Crippen molar-refractivity contribution in [3.63, 3.8) is 0 Å². The molecule has 28 heavy (non-hydrogen) atoms. The van der Waals surface area contributed by atoms with Crippen LogP contribution in [0.2, 0.25) is 0 Å². The van der Waals surface area contributed by atoms with E-state index >= 15 is 0 Å². The van der Waals surface area contributed by atoms with Crippen LogP contribution in [0, 0.1) is 6.92 Å². The molecule has 1 N–H and O–H groups in total. The van der Waals surface area contributed by atoms with Crippen LogP contribution in [0.5, 0.6) is 11.5 Å². The number of fused-ring (bicyclic) bond motifs is 2. The fourth-order valence-corrected chi connectivity index (χ4v) is 3.77. The Labute approximate surface area is 162 Å². The molecule has 7 heteroatoms. The van der Waals surface area contributed by atoms with Crippen molar-refractivity contribution in [2.24, 2.45) is 0 Å². The van der Waals surface area contributed by atoms with Gasteiger partial charge in [0, 0.05) is 43.2 Å². The van der Waals surface area contributed by atoms with Gasteiger partial charge in [-0.2, -0.15) is 0 Å². The number of aryl methyl sites for hydroxylation is 1. The van der Waals surface area contributed by atoms with Crippen molar-refractivity contribution in [1.82, 2.24) is 19.9 Å². The highest BCUT2D eigenvalue weighted by atomic mass is 16.7. The van der Waals surface area contributed by atoms with Gasteiger partial charge in [0.2, 0.25) is 6.79 Å². The van der Waals surface area contributed by atoms with E-state index < -0.39 is 0 Å². The summed E-state index contributed by atoms with van der Waals surface area (Å²) >= 11 is 0. The van der Waals surface area contributed by atoms with Crippen LogP contribution in [0.3, 0.4) is 0 Å². The number of hydrogen-bond donors (Lipinski definition) is 1. The quantitative estimate of drug-likeness (QED) is 0.756. The van der Waals surface area contributed by atoms with Gasteiger partial charge in [-0.25, -0.2) is 4.98 Å². The molecule has 0 atom stereocenters. The molecule has 5 rings (SSSR count). The van der Waals surface area contributed by atoms with Gasteiger partial charge in [-0.05, 0) is 48.7 Å². The second kappa shape index (κ2) is 6.76. The molecule has 2 aliphatic rings. The van der Waals surface area contributed by atoms with Gasteiger partial charge in [-0.3, -0.25) is 14.7 Å². The minimum Gasteiger partial charge on any atom is -0.454 e. The van der Waals surface area contributed by atoms with Crippen LogP contribution in [0.15, 0.2) is 41.5 Å². The van der Waals surface area contributed by atoms with E-state index in [1.54, 1.807) is 12.4 Å². The molecule has 0 bridgehead atoms. The predicted octanol–water partition coefficient (Wildman–Crippen LogP) is 2.43. The Morgan fingerprint density at radius 1 is 1.25 bits per heavy atom. The topological polar surface area (TPSA) is 80.3 Å². The van der Waals surface area contributed by atoms with Crippen LogP contribution in [0.1, 0.15) is 22.4 Å². The average Bonchev–Trinajstić information content (AvgIpc) is 3.15. The van der Waals surface area contributed by atoms with Crippen LogP contribution in [0.25, 0.3) is 11.4 Å². The van der Waals surface area contributed by atoms with E-state index in [0.717, 1.165) is 41.4 Å². The van der Waals surface area contributed by atoms with Gasteiger partial charge in [0.25, 0.3) is 5.56 Å². The van der Waals surface area contributed by atoms with E-state index in [4.69, 9.17) is 14.5 Å². The van der Waals surface area contributed by atoms with Crippen LogP contribution < -0.4 is 15.0 Å². The summed E-state index contributed by atoms with van der Waals surface area (Å²) in [6, 6.07) is 7.82. The number of ether oxygens (including phenoxy) is 2. The highest BCUT2D eigenvalue weighted by molar-refractivity contribution is 5.53. The SMILES string of the molecule is Cc1cc2c(cc1CN1CCc3c(nc(-c4cccnc4)[nH]c3=O)C1)OCO2. The van der Waals surface area contributed by atoms with Crippen molar-refractivity contribution in [1.29, 1.82) is 0 Å². The molecule has 1 aromatic carbocycles. The van der Waals surface area contributed by atoms with Gasteiger partial charge in [0.15, 0.2) is 11.5 Å². The van der Waals surface area contributed by atoms with Crippen molar-refractivity contribution in [2.75, 3.05) is 13.3 Å². The van der Waals surface area contributed by atoms with Crippen LogP contribution >= 0.6 is 0 Å². The minimum atomic E-state index is -0.0530. The molecular formula is C21H20N4O3. The van der Waals surface area contributed by atoms with E-state index in [1.807, 2.05) is 18.2 Å². The van der Waals surface area contributed by atoms with E-state index in [-0.39, 0.29) is 12.4 Å². The number of aromatic amines is 1. The number of H-pyrrole nitrogens is 1. The Hall–Kier alpha value is -3.19. The van der Waals surface area contributed by atoms with E-state index in [1.165, 1.54) is 11.1 Å². The fraction of sp³-hybridized carbons (Fsp3) is 0.286. The molecule has 7 nitrogen and oxygen atoms in total. The van der Waals surface area contributed by atoms with Gasteiger partial charge < -0.3 is 14.5 Å². The molecule has 142 valence electrons. The maximum absolute atomic E-state index is 12.5. The summed E-state index contributed by atoms with van der Waals surface area (Å²) in [6.07, 6.45) is 4.10. The molecule has 0 aliphatic carbocycles. The first-order chi connectivity index (χ1) is 13.7. The maximum Gasteiger partial charge on any atom is 0.254 e. The van der Waals surface area contributed by atoms with Crippen molar-refractivity contribution in [3.05, 3.63) is 69.4 Å². The first-order valence-electron chi connectivity index (χ1n) is 9.31. The molecule has 0 amide bonds. The number of nitrogens with one attached hydrogen (secondary N) is 1. The van der Waals surface area contributed by atoms with Crippen LogP contribution in [0.4, 0.5) is 0 Å². The maximum atomic E-state index is 12.5. The minimum absolute atomic E-state index is 0.0530. The number of nitrogens with zero attached hydrogens (tertiary/aromatic N) is 3. The summed E-state index contributed by atoms with van der Waals surface area (Å²) in [5.74, 6) is 2.17. The average molecular weight is 376 g/mol. The first-order valence-corrected chi connectivity index (χ1v) is 9.31. The zero-order valence-corrected chi connectivity index (χ0v) is 15.6. The number of pyridine rings is 1. The lowest BCUT2D eigenvalue weighted by molar-refractivity contribution is 0.174. The van der Waals surface area contributed by atoms with E-state index in [0.29, 0.717) is 18.8 Å². The highest BCUT2D eigenvalue weighted by Gasteiger charge is 2.23. The molecule has 0 saturated heterocycles. The van der Waals surface area contributed by atoms with Crippen LogP contribution in [-0.4, -0.2) is 33.2 Å². The van der Waals surface area contributed by atoms with Crippen LogP contribution in [-0.2, 0) is 19.5 Å². The second-order valence-electron chi connectivity index (χ2n) is 7.17. The Balaban J connectivity index is 1.42. The third-order valence-electron chi connectivity index (χ3n) is 5.31. The number of rotatable bonds is 3. The molecule has 0 unspecified atom stereocenters. The molecule has 4 heterocycles. The number of benzene rings is 1. The van der Waals surface area contributed by atoms with Crippen molar-refractivity contribution >= 4 is 0 Å². The smallest absolute Gasteiger partial charge is 0.254 e. The molecular weight excluding hydrogens is 356 g/mol. The zero-order valence-electron chi connectivity index (χ0n) is 15.6. The van der Waals surface area contributed by atoms with E-state index in [9.17, 15) is 4.79 Å². The molecule has 0 fully saturated rings. The third kappa shape index (κ3) is 3.03. The number of hydrogen-bond acceptors (Lipinski definition) is 6. The van der Waals surface area contributed by atoms with Gasteiger partial charge in [0.1, 0.15) is 5.82 Å². The Morgan fingerprint density at radius 2 is 2.11 bits per heavy atom. The molecule has 2 aromatic heterocycles. The standard InChI is InChI=1S/C21H20N4O3/c1-13-7-18-19(28-12-27-18)8-15(13)10-25-6-4-16-17(11-25)23-20(24-21(16)26)14-3-2-5-22-9-14/h2-3,5,7-9H,4,6,10-12H2,1H3,(H,23,24,26). The van der Waals surface area contributed by atoms with Gasteiger partial charge in [-0.1, -0.05) is 0 Å². The second-order valence-corrected chi connectivity index (χ2v) is 7.17. The lowest BCUT2D eigenvalue weighted by atomic mass is 10.0. The molecule has 3 aromatic rings. The van der Waals surface area contributed by atoms with Gasteiger partial charge in [-0.15, -0.1) is 0 Å². The van der Waals surface area contributed by atoms with Crippen molar-refractivity contribution < 1.29 is 9.47 Å².